The lowest BCUT2D eigenvalue weighted by atomic mass is 9.98. The largest absolute Gasteiger partial charge is 0.347 e. The summed E-state index contributed by atoms with van der Waals surface area (Å²) in [6.07, 6.45) is 66.7. The van der Waals surface area contributed by atoms with Crippen molar-refractivity contribution in [3.8, 4) is 0 Å². The van der Waals surface area contributed by atoms with Crippen molar-refractivity contribution in [2.45, 2.75) is 212 Å². The molecule has 0 bridgehead atoms. The normalized spacial score (nSPS) is 19.4. The fraction of sp³-hybridized carbons (Fsp3) is 0.725. The van der Waals surface area contributed by atoms with Crippen molar-refractivity contribution in [2.24, 2.45) is 0 Å². The molecule has 54 heavy (non-hydrogen) atoms. The Balaban J connectivity index is 1.66. The number of likely N-dealkylation sites (N-methyl/N-ethyl adjacent to an activating group) is 1. The highest BCUT2D eigenvalue weighted by molar-refractivity contribution is 5.26. The van der Waals surface area contributed by atoms with Gasteiger partial charge in [0.25, 0.3) is 0 Å². The minimum atomic E-state index is -0.358. The third-order valence-electron chi connectivity index (χ3n) is 11.0. The van der Waals surface area contributed by atoms with Crippen molar-refractivity contribution < 1.29 is 9.47 Å². The van der Waals surface area contributed by atoms with Crippen LogP contribution in [0.2, 0.25) is 0 Å². The summed E-state index contributed by atoms with van der Waals surface area (Å²) < 4.78 is 13.5. The van der Waals surface area contributed by atoms with Crippen molar-refractivity contribution in [3.05, 3.63) is 84.6 Å². The Morgan fingerprint density at radius 2 is 1.09 bits per heavy atom. The minimum absolute atomic E-state index is 0.211. The molecule has 308 valence electrons. The predicted molar refractivity (Wildman–Crippen MR) is 239 cm³/mol. The molecule has 1 heterocycles. The van der Waals surface area contributed by atoms with Gasteiger partial charge >= 0.3 is 0 Å². The topological polar surface area (TPSA) is 21.7 Å². The molecule has 0 aromatic carbocycles. The molecule has 0 saturated carbocycles. The monoisotopic (exact) mass is 746 g/mol. The van der Waals surface area contributed by atoms with E-state index in [1.807, 2.05) is 0 Å². The molecule has 1 fully saturated rings. The van der Waals surface area contributed by atoms with Crippen LogP contribution in [0.25, 0.3) is 0 Å². The molecule has 3 heteroatoms. The summed E-state index contributed by atoms with van der Waals surface area (Å²) in [7, 11) is 2.24. The third kappa shape index (κ3) is 27.6. The van der Waals surface area contributed by atoms with Gasteiger partial charge in [-0.05, 0) is 109 Å². The van der Waals surface area contributed by atoms with E-state index in [9.17, 15) is 0 Å². The van der Waals surface area contributed by atoms with Gasteiger partial charge in [-0.3, -0.25) is 0 Å². The van der Waals surface area contributed by atoms with E-state index in [0.717, 1.165) is 64.6 Å². The number of allylic oxidation sites excluding steroid dienone is 12. The van der Waals surface area contributed by atoms with Crippen molar-refractivity contribution in [2.75, 3.05) is 26.7 Å². The van der Waals surface area contributed by atoms with Crippen molar-refractivity contribution in [3.63, 3.8) is 0 Å². The van der Waals surface area contributed by atoms with Crippen LogP contribution in [0.15, 0.2) is 84.6 Å². The number of nitrogens with zero attached hydrogens (tertiary/aromatic N) is 1. The van der Waals surface area contributed by atoms with E-state index >= 15 is 0 Å². The third-order valence-corrected chi connectivity index (χ3v) is 11.0. The molecular formula is C51H87NO2. The van der Waals surface area contributed by atoms with Gasteiger partial charge in [-0.1, -0.05) is 170 Å². The fourth-order valence-electron chi connectivity index (χ4n) is 7.54. The van der Waals surface area contributed by atoms with Crippen LogP contribution in [0.3, 0.4) is 0 Å². The van der Waals surface area contributed by atoms with Crippen LogP contribution in [0.5, 0.6) is 0 Å². The lowest BCUT2D eigenvalue weighted by Gasteiger charge is -2.29. The molecule has 0 amide bonds. The van der Waals surface area contributed by atoms with Crippen molar-refractivity contribution in [1.82, 2.24) is 4.90 Å². The maximum atomic E-state index is 6.86. The number of ether oxygens (including phenoxy) is 2. The van der Waals surface area contributed by atoms with Gasteiger partial charge in [0.1, 0.15) is 0 Å². The number of hydrogen-bond donors (Lipinski definition) is 0. The Bertz CT molecular complexity index is 1010. The highest BCUT2D eigenvalue weighted by Crippen LogP contribution is 2.35. The van der Waals surface area contributed by atoms with Crippen LogP contribution in [0.4, 0.5) is 0 Å². The van der Waals surface area contributed by atoms with Gasteiger partial charge in [0.05, 0.1) is 12.7 Å². The van der Waals surface area contributed by atoms with E-state index in [2.05, 4.69) is 105 Å². The molecule has 1 atom stereocenters. The van der Waals surface area contributed by atoms with Gasteiger partial charge in [-0.15, -0.1) is 0 Å². The van der Waals surface area contributed by atoms with Gasteiger partial charge < -0.3 is 14.4 Å². The summed E-state index contributed by atoms with van der Waals surface area (Å²) in [5.74, 6) is -0.358. The smallest absolute Gasteiger partial charge is 0.168 e. The Hall–Kier alpha value is -1.94. The van der Waals surface area contributed by atoms with E-state index in [-0.39, 0.29) is 11.9 Å². The highest BCUT2D eigenvalue weighted by atomic mass is 16.7. The second kappa shape index (κ2) is 35.5. The summed E-state index contributed by atoms with van der Waals surface area (Å²) >= 11 is 0. The first kappa shape index (κ1) is 48.2. The molecule has 0 radical (unpaired) electrons. The quantitative estimate of drug-likeness (QED) is 0.0476. The van der Waals surface area contributed by atoms with Crippen LogP contribution >= 0.6 is 0 Å². The summed E-state index contributed by atoms with van der Waals surface area (Å²) in [5, 5.41) is 0. The Morgan fingerprint density at radius 3 is 1.63 bits per heavy atom. The molecule has 1 unspecified atom stereocenters. The molecule has 1 aliphatic heterocycles. The van der Waals surface area contributed by atoms with Crippen molar-refractivity contribution >= 4 is 0 Å². The Kier molecular flexibility index (Phi) is 31.7. The van der Waals surface area contributed by atoms with Crippen LogP contribution in [0, 0.1) is 0 Å². The van der Waals surface area contributed by atoms with Crippen LogP contribution in [0.1, 0.15) is 200 Å². The zero-order valence-electron chi connectivity index (χ0n) is 36.0. The Labute approximate surface area is 336 Å². The van der Waals surface area contributed by atoms with E-state index in [4.69, 9.17) is 9.47 Å². The number of unbranched alkanes of at least 4 members (excludes halogenated alkanes) is 18. The summed E-state index contributed by atoms with van der Waals surface area (Å²) in [4.78, 5) is 2.44. The lowest BCUT2D eigenvalue weighted by molar-refractivity contribution is -0.180. The molecule has 0 N–H and O–H groups in total. The molecular weight excluding hydrogens is 659 g/mol. The van der Waals surface area contributed by atoms with Crippen LogP contribution in [-0.2, 0) is 9.47 Å². The standard InChI is InChI=1S/C51H87NO2/c1-4-6-8-10-12-14-16-18-20-22-24-26-28-30-35-39-44-51(45-40-36-31-29-27-25-23-21-19-17-15-13-11-9-7-5-2)53-48-50(54-51)43-46-52(3)47-49-41-37-33-32-34-38-42-49/h12-15,18-21,33,37-38,41-42,50H,4-11,16-17,22-32,34-36,39-40,43-48H2,1-3H3. The molecule has 0 spiro atoms. The highest BCUT2D eigenvalue weighted by Gasteiger charge is 2.40. The number of rotatable bonds is 35. The molecule has 2 aliphatic rings. The van der Waals surface area contributed by atoms with E-state index in [1.54, 1.807) is 0 Å². The van der Waals surface area contributed by atoms with Crippen LogP contribution < -0.4 is 0 Å². The van der Waals surface area contributed by atoms with E-state index in [1.165, 1.54) is 147 Å². The van der Waals surface area contributed by atoms with E-state index < -0.39 is 0 Å². The zero-order chi connectivity index (χ0) is 38.5. The lowest BCUT2D eigenvalue weighted by Crippen LogP contribution is -2.32. The average molecular weight is 746 g/mol. The van der Waals surface area contributed by atoms with Crippen LogP contribution in [-0.4, -0.2) is 43.5 Å². The van der Waals surface area contributed by atoms with Gasteiger partial charge in [0.15, 0.2) is 5.79 Å². The summed E-state index contributed by atoms with van der Waals surface area (Å²) in [5.41, 5.74) is 1.39. The minimum Gasteiger partial charge on any atom is -0.347 e. The summed E-state index contributed by atoms with van der Waals surface area (Å²) in [6, 6.07) is 0. The van der Waals surface area contributed by atoms with Gasteiger partial charge in [0.2, 0.25) is 0 Å². The first-order valence-corrected chi connectivity index (χ1v) is 23.3. The van der Waals surface area contributed by atoms with Gasteiger partial charge in [-0.2, -0.15) is 0 Å². The summed E-state index contributed by atoms with van der Waals surface area (Å²) in [6.45, 7) is 7.32. The molecule has 2 rings (SSSR count). The first-order valence-electron chi connectivity index (χ1n) is 23.3. The molecule has 1 saturated heterocycles. The first-order chi connectivity index (χ1) is 26.7. The second-order valence-electron chi connectivity index (χ2n) is 16.3. The average Bonchev–Trinajstić information content (AvgIpc) is 3.57. The van der Waals surface area contributed by atoms with Crippen molar-refractivity contribution in [1.29, 1.82) is 0 Å². The van der Waals surface area contributed by atoms with Gasteiger partial charge in [-0.25, -0.2) is 0 Å². The fourth-order valence-corrected chi connectivity index (χ4v) is 7.54. The van der Waals surface area contributed by atoms with Gasteiger partial charge in [0, 0.05) is 25.9 Å². The number of hydrogen-bond acceptors (Lipinski definition) is 3. The predicted octanol–water partition coefficient (Wildman–Crippen LogP) is 15.7. The molecule has 3 nitrogen and oxygen atoms in total. The molecule has 0 aromatic heterocycles. The van der Waals surface area contributed by atoms with E-state index in [0.29, 0.717) is 0 Å². The zero-order valence-corrected chi connectivity index (χ0v) is 36.0. The molecule has 1 aliphatic carbocycles. The SMILES string of the molecule is CCCCCC=CCC=CCCCCCCCCC1(CCCCCCCCC=CCC=CCCCCC)OCC(CCN(C)CC2=CC=CCCC=C2)O1. The maximum Gasteiger partial charge on any atom is 0.168 e. The maximum absolute atomic E-state index is 6.86. The molecule has 0 aromatic rings. The second-order valence-corrected chi connectivity index (χ2v) is 16.3. The Morgan fingerprint density at radius 1 is 0.611 bits per heavy atom.